The van der Waals surface area contributed by atoms with Gasteiger partial charge in [0.2, 0.25) is 5.89 Å². The second-order valence-electron chi connectivity index (χ2n) is 4.74. The number of aromatic nitrogens is 2. The van der Waals surface area contributed by atoms with Gasteiger partial charge in [0, 0.05) is 12.7 Å². The lowest BCUT2D eigenvalue weighted by atomic mass is 10.0. The molecule has 0 saturated heterocycles. The van der Waals surface area contributed by atoms with Crippen LogP contribution in [0.5, 0.6) is 0 Å². The van der Waals surface area contributed by atoms with Gasteiger partial charge < -0.3 is 10.3 Å². The van der Waals surface area contributed by atoms with Crippen LogP contribution in [-0.4, -0.2) is 31.4 Å². The maximum atomic E-state index is 11.4. The highest BCUT2D eigenvalue weighted by atomic mass is 32.2. The van der Waals surface area contributed by atoms with Crippen molar-refractivity contribution in [1.29, 1.82) is 0 Å². The molecule has 0 aromatic carbocycles. The van der Waals surface area contributed by atoms with Gasteiger partial charge in [-0.2, -0.15) is 4.98 Å². The highest BCUT2D eigenvalue weighted by Crippen LogP contribution is 2.18. The molecule has 0 saturated carbocycles. The lowest BCUT2D eigenvalue weighted by molar-refractivity contribution is 0.358. The number of sulfone groups is 1. The van der Waals surface area contributed by atoms with E-state index >= 15 is 0 Å². The summed E-state index contributed by atoms with van der Waals surface area (Å²) >= 11 is 0. The summed E-state index contributed by atoms with van der Waals surface area (Å²) in [5, 5.41) is 2.99. The van der Waals surface area contributed by atoms with Gasteiger partial charge in [0.25, 0.3) is 0 Å². The average Bonchev–Trinajstić information content (AvgIpc) is 2.73. The maximum absolute atomic E-state index is 11.4. The van der Waals surface area contributed by atoms with E-state index in [9.17, 15) is 8.42 Å². The Morgan fingerprint density at radius 2 is 2.00 bits per heavy atom. The van der Waals surface area contributed by atoms with Crippen LogP contribution >= 0.6 is 0 Å². The molecule has 0 bridgehead atoms. The number of nitrogens with two attached hydrogens (primary N) is 1. The Hall–Kier alpha value is -0.950. The molecule has 2 N–H and O–H groups in total. The lowest BCUT2D eigenvalue weighted by Gasteiger charge is -2.06. The van der Waals surface area contributed by atoms with Gasteiger partial charge in [-0.25, -0.2) is 8.42 Å². The summed E-state index contributed by atoms with van der Waals surface area (Å²) in [6.45, 7) is 4.34. The quantitative estimate of drug-likeness (QED) is 0.799. The smallest absolute Gasteiger partial charge is 0.226 e. The van der Waals surface area contributed by atoms with E-state index < -0.39 is 15.1 Å². The van der Waals surface area contributed by atoms with Crippen LogP contribution in [0.2, 0.25) is 0 Å². The molecular formula is C11H21N3O3S. The van der Waals surface area contributed by atoms with Gasteiger partial charge in [0.05, 0.1) is 0 Å². The van der Waals surface area contributed by atoms with Gasteiger partial charge in [-0.15, -0.1) is 0 Å². The third kappa shape index (κ3) is 4.38. The summed E-state index contributed by atoms with van der Waals surface area (Å²) in [4.78, 5) is 4.12. The Bertz CT molecular complexity index is 470. The fourth-order valence-corrected chi connectivity index (χ4v) is 2.00. The minimum atomic E-state index is -3.18. The Kier molecular flexibility index (Phi) is 5.28. The van der Waals surface area contributed by atoms with Crippen LogP contribution in [0.3, 0.4) is 0 Å². The first kappa shape index (κ1) is 15.1. The first-order chi connectivity index (χ1) is 8.34. The first-order valence-corrected chi connectivity index (χ1v) is 8.01. The summed E-state index contributed by atoms with van der Waals surface area (Å²) in [7, 11) is -3.18. The van der Waals surface area contributed by atoms with Gasteiger partial charge >= 0.3 is 0 Å². The van der Waals surface area contributed by atoms with E-state index in [-0.39, 0.29) is 5.82 Å². The van der Waals surface area contributed by atoms with Crippen LogP contribution in [0.1, 0.15) is 43.7 Å². The normalized spacial score (nSPS) is 15.6. The van der Waals surface area contributed by atoms with Crippen molar-refractivity contribution in [3.05, 3.63) is 11.7 Å². The van der Waals surface area contributed by atoms with Crippen molar-refractivity contribution >= 4 is 9.84 Å². The van der Waals surface area contributed by atoms with Gasteiger partial charge in [0.1, 0.15) is 5.25 Å². The molecule has 1 heterocycles. The van der Waals surface area contributed by atoms with Gasteiger partial charge in [0.15, 0.2) is 15.7 Å². The van der Waals surface area contributed by atoms with E-state index in [0.29, 0.717) is 24.8 Å². The molecule has 0 amide bonds. The zero-order valence-electron chi connectivity index (χ0n) is 11.1. The number of rotatable bonds is 7. The van der Waals surface area contributed by atoms with Crippen LogP contribution in [0, 0.1) is 5.92 Å². The standard InChI is InChI=1S/C11H21N3O3S/c1-8(6-7-12)4-5-10-13-11(14-17-10)9(2)18(3,15)16/h8-9H,4-7,12H2,1-3H3. The van der Waals surface area contributed by atoms with Crippen LogP contribution in [0.25, 0.3) is 0 Å². The van der Waals surface area contributed by atoms with E-state index in [0.717, 1.165) is 19.1 Å². The molecule has 0 aliphatic rings. The molecule has 0 spiro atoms. The second kappa shape index (κ2) is 6.29. The number of aryl methyl sites for hydroxylation is 1. The van der Waals surface area contributed by atoms with Gasteiger partial charge in [-0.05, 0) is 32.2 Å². The summed E-state index contributed by atoms with van der Waals surface area (Å²) in [6.07, 6.45) is 3.69. The van der Waals surface area contributed by atoms with Crippen molar-refractivity contribution in [2.45, 2.75) is 38.4 Å². The van der Waals surface area contributed by atoms with Gasteiger partial charge in [-0.1, -0.05) is 12.1 Å². The van der Waals surface area contributed by atoms with E-state index in [1.165, 1.54) is 0 Å². The summed E-state index contributed by atoms with van der Waals surface area (Å²) < 4.78 is 27.8. The van der Waals surface area contributed by atoms with Crippen molar-refractivity contribution in [1.82, 2.24) is 10.1 Å². The SMILES string of the molecule is CC(CCN)CCc1nc(C(C)S(C)(=O)=O)no1. The highest BCUT2D eigenvalue weighted by molar-refractivity contribution is 7.90. The molecular weight excluding hydrogens is 254 g/mol. The average molecular weight is 275 g/mol. The molecule has 0 fully saturated rings. The predicted octanol–water partition coefficient (Wildman–Crippen LogP) is 1.09. The van der Waals surface area contributed by atoms with Crippen molar-refractivity contribution in [2.24, 2.45) is 11.7 Å². The van der Waals surface area contributed by atoms with Crippen molar-refractivity contribution < 1.29 is 12.9 Å². The lowest BCUT2D eigenvalue weighted by Crippen LogP contribution is -2.09. The molecule has 1 aromatic heterocycles. The Balaban J connectivity index is 2.59. The second-order valence-corrected chi connectivity index (χ2v) is 7.11. The Morgan fingerprint density at radius 3 is 2.56 bits per heavy atom. The molecule has 6 nitrogen and oxygen atoms in total. The largest absolute Gasteiger partial charge is 0.339 e. The van der Waals surface area contributed by atoms with E-state index in [4.69, 9.17) is 10.3 Å². The molecule has 0 radical (unpaired) electrons. The van der Waals surface area contributed by atoms with Crippen LogP contribution < -0.4 is 5.73 Å². The zero-order valence-corrected chi connectivity index (χ0v) is 11.9. The van der Waals surface area contributed by atoms with Crippen molar-refractivity contribution in [3.63, 3.8) is 0 Å². The highest BCUT2D eigenvalue weighted by Gasteiger charge is 2.23. The fraction of sp³-hybridized carbons (Fsp3) is 0.818. The predicted molar refractivity (Wildman–Crippen MR) is 68.7 cm³/mol. The minimum Gasteiger partial charge on any atom is -0.339 e. The minimum absolute atomic E-state index is 0.235. The summed E-state index contributed by atoms with van der Waals surface area (Å²) in [5.41, 5.74) is 5.47. The third-order valence-electron chi connectivity index (χ3n) is 3.00. The molecule has 2 unspecified atom stereocenters. The van der Waals surface area contributed by atoms with E-state index in [1.54, 1.807) is 6.92 Å². The van der Waals surface area contributed by atoms with Crippen molar-refractivity contribution in [2.75, 3.05) is 12.8 Å². The Labute approximate surface area is 108 Å². The van der Waals surface area contributed by atoms with E-state index in [2.05, 4.69) is 17.1 Å². The molecule has 7 heteroatoms. The van der Waals surface area contributed by atoms with Crippen LogP contribution in [-0.2, 0) is 16.3 Å². The topological polar surface area (TPSA) is 99.1 Å². The zero-order chi connectivity index (χ0) is 13.8. The fourth-order valence-electron chi connectivity index (χ4n) is 1.52. The number of hydrogen-bond donors (Lipinski definition) is 1. The maximum Gasteiger partial charge on any atom is 0.226 e. The molecule has 1 rings (SSSR count). The van der Waals surface area contributed by atoms with Crippen LogP contribution in [0.4, 0.5) is 0 Å². The van der Waals surface area contributed by atoms with Crippen LogP contribution in [0.15, 0.2) is 4.52 Å². The van der Waals surface area contributed by atoms with Gasteiger partial charge in [-0.3, -0.25) is 0 Å². The molecule has 1 aromatic rings. The van der Waals surface area contributed by atoms with E-state index in [1.807, 2.05) is 0 Å². The summed E-state index contributed by atoms with van der Waals surface area (Å²) in [6, 6.07) is 0. The summed E-state index contributed by atoms with van der Waals surface area (Å²) in [5.74, 6) is 1.22. The van der Waals surface area contributed by atoms with Crippen molar-refractivity contribution in [3.8, 4) is 0 Å². The molecule has 18 heavy (non-hydrogen) atoms. The molecule has 0 aliphatic heterocycles. The first-order valence-electron chi connectivity index (χ1n) is 6.06. The Morgan fingerprint density at radius 1 is 1.33 bits per heavy atom. The number of hydrogen-bond acceptors (Lipinski definition) is 6. The monoisotopic (exact) mass is 275 g/mol. The number of nitrogens with zero attached hydrogens (tertiary/aromatic N) is 2. The molecule has 104 valence electrons. The third-order valence-corrected chi connectivity index (χ3v) is 4.50. The molecule has 2 atom stereocenters. The molecule has 0 aliphatic carbocycles.